The molecule has 2 amide bonds. The number of carbonyl (C=O) groups is 2. The SMILES string of the molecule is CC(C)(C)OC(=O)N(Cc1ccc2c(n1)NC(=O)CC2)C1CCNCC1. The Labute approximate surface area is 154 Å². The highest BCUT2D eigenvalue weighted by Gasteiger charge is 2.30. The molecule has 0 aromatic carbocycles. The Hall–Kier alpha value is -2.15. The second kappa shape index (κ2) is 7.61. The number of pyridine rings is 1. The standard InChI is InChI=1S/C19H28N4O3/c1-19(2,3)26-18(25)23(15-8-10-20-11-9-15)12-14-6-4-13-5-7-16(24)22-17(13)21-14/h4,6,15,20H,5,7-12H2,1-3H3,(H,21,22,24). The van der Waals surface area contributed by atoms with Gasteiger partial charge in [-0.1, -0.05) is 6.07 Å². The average molecular weight is 360 g/mol. The Morgan fingerprint density at radius 3 is 2.69 bits per heavy atom. The van der Waals surface area contributed by atoms with Gasteiger partial charge >= 0.3 is 6.09 Å². The van der Waals surface area contributed by atoms with Gasteiger partial charge in [-0.15, -0.1) is 0 Å². The van der Waals surface area contributed by atoms with Crippen molar-refractivity contribution in [3.05, 3.63) is 23.4 Å². The van der Waals surface area contributed by atoms with Gasteiger partial charge in [0.1, 0.15) is 11.4 Å². The molecule has 7 heteroatoms. The van der Waals surface area contributed by atoms with Gasteiger partial charge in [0.2, 0.25) is 5.91 Å². The van der Waals surface area contributed by atoms with Crippen LogP contribution in [0.2, 0.25) is 0 Å². The second-order valence-electron chi connectivity index (χ2n) is 7.95. The van der Waals surface area contributed by atoms with E-state index in [4.69, 9.17) is 4.74 Å². The number of piperidine rings is 1. The lowest BCUT2D eigenvalue weighted by Gasteiger charge is -2.35. The molecule has 0 aliphatic carbocycles. The molecule has 1 aromatic rings. The van der Waals surface area contributed by atoms with Crippen LogP contribution in [0.25, 0.3) is 0 Å². The third-order valence-corrected chi connectivity index (χ3v) is 4.63. The van der Waals surface area contributed by atoms with Gasteiger partial charge in [0.05, 0.1) is 12.2 Å². The zero-order valence-corrected chi connectivity index (χ0v) is 15.8. The van der Waals surface area contributed by atoms with E-state index in [0.29, 0.717) is 25.2 Å². The largest absolute Gasteiger partial charge is 0.444 e. The van der Waals surface area contributed by atoms with Gasteiger partial charge in [-0.25, -0.2) is 9.78 Å². The van der Waals surface area contributed by atoms with Crippen LogP contribution in [0.5, 0.6) is 0 Å². The first-order valence-electron chi connectivity index (χ1n) is 9.31. The molecule has 3 heterocycles. The average Bonchev–Trinajstić information content (AvgIpc) is 2.58. The Balaban J connectivity index is 1.79. The van der Waals surface area contributed by atoms with Crippen LogP contribution in [0.3, 0.4) is 0 Å². The van der Waals surface area contributed by atoms with Gasteiger partial charge < -0.3 is 15.4 Å². The van der Waals surface area contributed by atoms with E-state index < -0.39 is 5.60 Å². The molecule has 2 N–H and O–H groups in total. The van der Waals surface area contributed by atoms with Gasteiger partial charge in [-0.05, 0) is 64.8 Å². The Morgan fingerprint density at radius 2 is 2.00 bits per heavy atom. The van der Waals surface area contributed by atoms with Crippen molar-refractivity contribution in [2.45, 2.75) is 64.6 Å². The topological polar surface area (TPSA) is 83.6 Å². The molecule has 3 rings (SSSR count). The van der Waals surface area contributed by atoms with Crippen molar-refractivity contribution in [3.8, 4) is 0 Å². The van der Waals surface area contributed by atoms with E-state index in [0.717, 1.165) is 37.2 Å². The minimum Gasteiger partial charge on any atom is -0.444 e. The molecule has 0 radical (unpaired) electrons. The molecule has 26 heavy (non-hydrogen) atoms. The van der Waals surface area contributed by atoms with E-state index in [9.17, 15) is 9.59 Å². The number of ether oxygens (including phenoxy) is 1. The lowest BCUT2D eigenvalue weighted by atomic mass is 10.0. The van der Waals surface area contributed by atoms with Crippen LogP contribution in [-0.2, 0) is 22.5 Å². The summed E-state index contributed by atoms with van der Waals surface area (Å²) in [6.07, 6.45) is 2.67. The summed E-state index contributed by atoms with van der Waals surface area (Å²) in [6.45, 7) is 7.77. The van der Waals surface area contributed by atoms with E-state index in [2.05, 4.69) is 15.6 Å². The summed E-state index contributed by atoms with van der Waals surface area (Å²) in [5, 5.41) is 6.15. The van der Waals surface area contributed by atoms with Crippen molar-refractivity contribution < 1.29 is 14.3 Å². The molecule has 0 bridgehead atoms. The van der Waals surface area contributed by atoms with E-state index in [-0.39, 0.29) is 18.0 Å². The molecule has 0 atom stereocenters. The predicted molar refractivity (Wildman–Crippen MR) is 98.9 cm³/mol. The maximum absolute atomic E-state index is 12.8. The Morgan fingerprint density at radius 1 is 1.27 bits per heavy atom. The zero-order chi connectivity index (χ0) is 18.7. The number of amides is 2. The van der Waals surface area contributed by atoms with Crippen LogP contribution in [0.4, 0.5) is 10.6 Å². The van der Waals surface area contributed by atoms with E-state index >= 15 is 0 Å². The number of aryl methyl sites for hydroxylation is 1. The molecule has 0 saturated carbocycles. The molecule has 0 unspecified atom stereocenters. The lowest BCUT2D eigenvalue weighted by Crippen LogP contribution is -2.47. The minimum absolute atomic E-state index is 0.00972. The summed E-state index contributed by atoms with van der Waals surface area (Å²) in [5.41, 5.74) is 1.26. The van der Waals surface area contributed by atoms with Crippen LogP contribution in [0.15, 0.2) is 12.1 Å². The first-order chi connectivity index (χ1) is 12.3. The molecule has 1 fully saturated rings. The number of hydrogen-bond donors (Lipinski definition) is 2. The lowest BCUT2D eigenvalue weighted by molar-refractivity contribution is -0.116. The predicted octanol–water partition coefficient (Wildman–Crippen LogP) is 2.46. The van der Waals surface area contributed by atoms with Crippen molar-refractivity contribution in [1.82, 2.24) is 15.2 Å². The number of fused-ring (bicyclic) bond motifs is 1. The van der Waals surface area contributed by atoms with Gasteiger partial charge in [0.15, 0.2) is 0 Å². The van der Waals surface area contributed by atoms with Gasteiger partial charge in [0.25, 0.3) is 0 Å². The number of nitrogens with zero attached hydrogens (tertiary/aromatic N) is 2. The number of rotatable bonds is 3. The number of nitrogens with one attached hydrogen (secondary N) is 2. The molecule has 1 saturated heterocycles. The third-order valence-electron chi connectivity index (χ3n) is 4.63. The Bertz CT molecular complexity index is 678. The fourth-order valence-electron chi connectivity index (χ4n) is 3.33. The van der Waals surface area contributed by atoms with E-state index in [1.165, 1.54) is 0 Å². The molecule has 1 aromatic heterocycles. The number of hydrogen-bond acceptors (Lipinski definition) is 5. The number of aromatic nitrogens is 1. The summed E-state index contributed by atoms with van der Waals surface area (Å²) in [6, 6.07) is 4.06. The maximum atomic E-state index is 12.8. The van der Waals surface area contributed by atoms with Crippen molar-refractivity contribution in [1.29, 1.82) is 0 Å². The normalized spacial score (nSPS) is 18.0. The molecule has 7 nitrogen and oxygen atoms in total. The molecular formula is C19H28N4O3. The number of carbonyl (C=O) groups excluding carboxylic acids is 2. The van der Waals surface area contributed by atoms with Crippen molar-refractivity contribution in [2.75, 3.05) is 18.4 Å². The quantitative estimate of drug-likeness (QED) is 0.865. The number of anilines is 1. The van der Waals surface area contributed by atoms with Crippen molar-refractivity contribution in [2.24, 2.45) is 0 Å². The summed E-state index contributed by atoms with van der Waals surface area (Å²) < 4.78 is 5.62. The smallest absolute Gasteiger partial charge is 0.410 e. The van der Waals surface area contributed by atoms with Gasteiger partial charge in [-0.2, -0.15) is 0 Å². The van der Waals surface area contributed by atoms with E-state index in [1.54, 1.807) is 4.90 Å². The molecule has 2 aliphatic rings. The second-order valence-corrected chi connectivity index (χ2v) is 7.95. The van der Waals surface area contributed by atoms with Crippen molar-refractivity contribution in [3.63, 3.8) is 0 Å². The minimum atomic E-state index is -0.542. The molecular weight excluding hydrogens is 332 g/mol. The van der Waals surface area contributed by atoms with Crippen LogP contribution in [0.1, 0.15) is 51.3 Å². The molecule has 2 aliphatic heterocycles. The summed E-state index contributed by atoms with van der Waals surface area (Å²) in [4.78, 5) is 30.8. The third kappa shape index (κ3) is 4.72. The van der Waals surface area contributed by atoms with E-state index in [1.807, 2.05) is 32.9 Å². The van der Waals surface area contributed by atoms with Gasteiger partial charge in [0, 0.05) is 12.5 Å². The fraction of sp³-hybridized carbons (Fsp3) is 0.632. The van der Waals surface area contributed by atoms with Crippen LogP contribution in [0, 0.1) is 0 Å². The van der Waals surface area contributed by atoms with Crippen LogP contribution < -0.4 is 10.6 Å². The first-order valence-corrected chi connectivity index (χ1v) is 9.31. The van der Waals surface area contributed by atoms with Crippen molar-refractivity contribution >= 4 is 17.8 Å². The van der Waals surface area contributed by atoms with Crippen LogP contribution >= 0.6 is 0 Å². The summed E-state index contributed by atoms with van der Waals surface area (Å²) in [7, 11) is 0. The van der Waals surface area contributed by atoms with Crippen LogP contribution in [-0.4, -0.2) is 46.6 Å². The first kappa shape index (κ1) is 18.6. The zero-order valence-electron chi connectivity index (χ0n) is 15.8. The molecule has 142 valence electrons. The summed E-state index contributed by atoms with van der Waals surface area (Å²) >= 11 is 0. The van der Waals surface area contributed by atoms with Gasteiger partial charge in [-0.3, -0.25) is 9.69 Å². The highest BCUT2D eigenvalue weighted by molar-refractivity contribution is 5.92. The maximum Gasteiger partial charge on any atom is 0.410 e. The monoisotopic (exact) mass is 360 g/mol. The highest BCUT2D eigenvalue weighted by Crippen LogP contribution is 2.23. The fourth-order valence-corrected chi connectivity index (χ4v) is 3.33. The summed E-state index contributed by atoms with van der Waals surface area (Å²) in [5.74, 6) is 0.609. The molecule has 0 spiro atoms. The highest BCUT2D eigenvalue weighted by atomic mass is 16.6. The Kier molecular flexibility index (Phi) is 5.46.